The lowest BCUT2D eigenvalue weighted by atomic mass is 10.1. The number of carboxylic acid groups (broad SMARTS) is 1. The molecule has 0 bridgehead atoms. The smallest absolute Gasteiger partial charge is 0.412 e. The number of piperazine rings is 1. The molecule has 168 valence electrons. The van der Waals surface area contributed by atoms with Crippen LogP contribution in [0, 0.1) is 0 Å². The lowest BCUT2D eigenvalue weighted by Gasteiger charge is -2.32. The number of likely N-dealkylation sites (N-methyl/N-ethyl adjacent to an activating group) is 1. The molecule has 1 aromatic rings. The molecule has 0 spiro atoms. The van der Waals surface area contributed by atoms with E-state index in [-0.39, 0.29) is 24.3 Å². The van der Waals surface area contributed by atoms with Crippen LogP contribution in [0.15, 0.2) is 24.3 Å². The summed E-state index contributed by atoms with van der Waals surface area (Å²) < 4.78 is 5.16. The molecular weight excluding hydrogens is 408 g/mol. The number of benzene rings is 1. The molecule has 2 rings (SSSR count). The average molecular weight is 434 g/mol. The standard InChI is InChI=1S/C20H26N4O7/c1-5-23-9-10-24(16(26)15(23)25)18(29)22-14(17(27)28)12-7-6-8-13(11-12)21-19(30)31-20(2,3)4/h6-8,11,14H,5,9-10H2,1-4H3,(H,21,30)(H,22,29)(H,27,28). The van der Waals surface area contributed by atoms with Crippen molar-refractivity contribution in [3.63, 3.8) is 0 Å². The zero-order valence-corrected chi connectivity index (χ0v) is 17.8. The first-order chi connectivity index (χ1) is 14.4. The van der Waals surface area contributed by atoms with Gasteiger partial charge in [-0.05, 0) is 45.4 Å². The summed E-state index contributed by atoms with van der Waals surface area (Å²) in [5, 5.41) is 14.3. The summed E-state index contributed by atoms with van der Waals surface area (Å²) in [6.07, 6.45) is -0.724. The van der Waals surface area contributed by atoms with Gasteiger partial charge >= 0.3 is 29.9 Å². The van der Waals surface area contributed by atoms with Crippen molar-refractivity contribution in [3.05, 3.63) is 29.8 Å². The number of urea groups is 1. The van der Waals surface area contributed by atoms with Gasteiger partial charge in [0.25, 0.3) is 0 Å². The van der Waals surface area contributed by atoms with Crippen molar-refractivity contribution in [2.75, 3.05) is 25.0 Å². The van der Waals surface area contributed by atoms with Crippen LogP contribution in [0.25, 0.3) is 0 Å². The Labute approximate surface area is 179 Å². The van der Waals surface area contributed by atoms with Crippen LogP contribution in [0.5, 0.6) is 0 Å². The third kappa shape index (κ3) is 6.17. The van der Waals surface area contributed by atoms with Gasteiger partial charge in [0, 0.05) is 25.3 Å². The quantitative estimate of drug-likeness (QED) is 0.596. The third-order valence-corrected chi connectivity index (χ3v) is 4.32. The van der Waals surface area contributed by atoms with Gasteiger partial charge in [-0.3, -0.25) is 19.8 Å². The number of carbonyl (C=O) groups is 5. The van der Waals surface area contributed by atoms with Crippen LogP contribution in [0.2, 0.25) is 0 Å². The summed E-state index contributed by atoms with van der Waals surface area (Å²) in [6, 6.07) is 3.33. The number of ether oxygens (including phenoxy) is 1. The van der Waals surface area contributed by atoms with Gasteiger partial charge in [-0.25, -0.2) is 14.4 Å². The minimum atomic E-state index is -1.51. The van der Waals surface area contributed by atoms with E-state index in [2.05, 4.69) is 10.6 Å². The molecule has 1 heterocycles. The average Bonchev–Trinajstić information content (AvgIpc) is 2.66. The lowest BCUT2D eigenvalue weighted by Crippen LogP contribution is -2.58. The largest absolute Gasteiger partial charge is 0.479 e. The van der Waals surface area contributed by atoms with Crippen molar-refractivity contribution in [2.45, 2.75) is 39.3 Å². The van der Waals surface area contributed by atoms with Crippen LogP contribution in [0.1, 0.15) is 39.3 Å². The van der Waals surface area contributed by atoms with E-state index in [1.807, 2.05) is 0 Å². The highest BCUT2D eigenvalue weighted by molar-refractivity contribution is 6.38. The number of nitrogens with zero attached hydrogens (tertiary/aromatic N) is 2. The van der Waals surface area contributed by atoms with Gasteiger partial charge in [0.2, 0.25) is 0 Å². The Bertz CT molecular complexity index is 894. The second-order valence-electron chi connectivity index (χ2n) is 7.81. The molecule has 1 aliphatic heterocycles. The summed E-state index contributed by atoms with van der Waals surface area (Å²) in [7, 11) is 0. The molecule has 11 heteroatoms. The number of carbonyl (C=O) groups excluding carboxylic acids is 4. The van der Waals surface area contributed by atoms with Crippen molar-refractivity contribution < 1.29 is 33.8 Å². The topological polar surface area (TPSA) is 145 Å². The predicted octanol–water partition coefficient (Wildman–Crippen LogP) is 1.56. The molecule has 5 amide bonds. The Balaban J connectivity index is 2.15. The number of carboxylic acids is 1. The van der Waals surface area contributed by atoms with Crippen LogP contribution >= 0.6 is 0 Å². The predicted molar refractivity (Wildman–Crippen MR) is 109 cm³/mol. The molecule has 1 saturated heterocycles. The molecule has 1 unspecified atom stereocenters. The van der Waals surface area contributed by atoms with E-state index >= 15 is 0 Å². The highest BCUT2D eigenvalue weighted by atomic mass is 16.6. The first-order valence-electron chi connectivity index (χ1n) is 9.67. The van der Waals surface area contributed by atoms with Crippen molar-refractivity contribution in [1.29, 1.82) is 0 Å². The third-order valence-electron chi connectivity index (χ3n) is 4.32. The summed E-state index contributed by atoms with van der Waals surface area (Å²) in [6.45, 7) is 7.26. The van der Waals surface area contributed by atoms with E-state index in [4.69, 9.17) is 4.74 Å². The molecule has 1 fully saturated rings. The second-order valence-corrected chi connectivity index (χ2v) is 7.81. The van der Waals surface area contributed by atoms with Crippen molar-refractivity contribution >= 4 is 35.6 Å². The minimum absolute atomic E-state index is 0.0448. The van der Waals surface area contributed by atoms with E-state index in [1.54, 1.807) is 27.7 Å². The molecule has 1 atom stereocenters. The molecule has 1 aromatic carbocycles. The van der Waals surface area contributed by atoms with Crippen LogP contribution in [-0.2, 0) is 19.1 Å². The van der Waals surface area contributed by atoms with E-state index in [0.717, 1.165) is 0 Å². The molecule has 3 N–H and O–H groups in total. The Morgan fingerprint density at radius 2 is 1.84 bits per heavy atom. The molecule has 11 nitrogen and oxygen atoms in total. The van der Waals surface area contributed by atoms with Crippen LogP contribution in [0.4, 0.5) is 15.3 Å². The maximum atomic E-state index is 12.5. The van der Waals surface area contributed by atoms with Gasteiger partial charge in [-0.1, -0.05) is 12.1 Å². The van der Waals surface area contributed by atoms with Gasteiger partial charge in [-0.2, -0.15) is 0 Å². The maximum absolute atomic E-state index is 12.5. The van der Waals surface area contributed by atoms with E-state index in [1.165, 1.54) is 29.2 Å². The van der Waals surface area contributed by atoms with E-state index in [0.29, 0.717) is 11.4 Å². The summed E-state index contributed by atoms with van der Waals surface area (Å²) in [4.78, 5) is 62.4. The Hall–Kier alpha value is -3.63. The van der Waals surface area contributed by atoms with E-state index in [9.17, 15) is 29.1 Å². The van der Waals surface area contributed by atoms with Gasteiger partial charge < -0.3 is 20.1 Å². The molecule has 0 aromatic heterocycles. The molecule has 1 aliphatic rings. The zero-order valence-electron chi connectivity index (χ0n) is 17.8. The van der Waals surface area contributed by atoms with Crippen LogP contribution < -0.4 is 10.6 Å². The number of hydrogen-bond donors (Lipinski definition) is 3. The van der Waals surface area contributed by atoms with E-state index < -0.39 is 41.6 Å². The highest BCUT2D eigenvalue weighted by Gasteiger charge is 2.37. The molecular formula is C20H26N4O7. The van der Waals surface area contributed by atoms with Gasteiger partial charge in [0.05, 0.1) is 0 Å². The lowest BCUT2D eigenvalue weighted by molar-refractivity contribution is -0.153. The second kappa shape index (κ2) is 9.45. The van der Waals surface area contributed by atoms with Gasteiger partial charge in [-0.15, -0.1) is 0 Å². The number of anilines is 1. The summed E-state index contributed by atoms with van der Waals surface area (Å²) in [5.74, 6) is -3.22. The molecule has 0 aliphatic carbocycles. The van der Waals surface area contributed by atoms with Crippen LogP contribution in [0.3, 0.4) is 0 Å². The fourth-order valence-electron chi connectivity index (χ4n) is 2.88. The number of amides is 5. The van der Waals surface area contributed by atoms with Gasteiger partial charge in [0.1, 0.15) is 5.60 Å². The number of aliphatic carboxylic acids is 1. The SMILES string of the molecule is CCN1CCN(C(=O)NC(C(=O)O)c2cccc(NC(=O)OC(C)(C)C)c2)C(=O)C1=O. The zero-order chi connectivity index (χ0) is 23.3. The van der Waals surface area contributed by atoms with Crippen molar-refractivity contribution in [2.24, 2.45) is 0 Å². The molecule has 31 heavy (non-hydrogen) atoms. The fraction of sp³-hybridized carbons (Fsp3) is 0.450. The highest BCUT2D eigenvalue weighted by Crippen LogP contribution is 2.20. The van der Waals surface area contributed by atoms with Gasteiger partial charge in [0.15, 0.2) is 6.04 Å². The Morgan fingerprint density at radius 3 is 2.42 bits per heavy atom. The maximum Gasteiger partial charge on any atom is 0.412 e. The Morgan fingerprint density at radius 1 is 1.16 bits per heavy atom. The molecule has 0 radical (unpaired) electrons. The molecule has 0 saturated carbocycles. The monoisotopic (exact) mass is 434 g/mol. The fourth-order valence-corrected chi connectivity index (χ4v) is 2.88. The number of imide groups is 1. The van der Waals surface area contributed by atoms with Crippen LogP contribution in [-0.4, -0.2) is 70.0 Å². The minimum Gasteiger partial charge on any atom is -0.479 e. The number of nitrogens with one attached hydrogen (secondary N) is 2. The van der Waals surface area contributed by atoms with Crippen molar-refractivity contribution in [1.82, 2.24) is 15.1 Å². The summed E-state index contributed by atoms with van der Waals surface area (Å²) >= 11 is 0. The first kappa shape index (κ1) is 23.6. The van der Waals surface area contributed by atoms with Crippen molar-refractivity contribution in [3.8, 4) is 0 Å². The number of rotatable bonds is 5. The normalized spacial score (nSPS) is 15.4. The first-order valence-corrected chi connectivity index (χ1v) is 9.67. The number of hydrogen-bond acceptors (Lipinski definition) is 6. The summed E-state index contributed by atoms with van der Waals surface area (Å²) in [5.41, 5.74) is -0.305. The Kier molecular flexibility index (Phi) is 7.21.